The van der Waals surface area contributed by atoms with Gasteiger partial charge in [0.2, 0.25) is 5.91 Å². The summed E-state index contributed by atoms with van der Waals surface area (Å²) in [6.07, 6.45) is 2.81. The number of carbonyl (C=O) groups excluding carboxylic acids is 1. The van der Waals surface area contributed by atoms with Crippen molar-refractivity contribution < 1.29 is 4.79 Å². The maximum Gasteiger partial charge on any atom is 0.225 e. The molecule has 2 aromatic rings. The van der Waals surface area contributed by atoms with E-state index in [0.29, 0.717) is 18.7 Å². The van der Waals surface area contributed by atoms with Crippen molar-refractivity contribution in [3.63, 3.8) is 0 Å². The molecule has 1 heterocycles. The number of nitrogens with two attached hydrogens (primary N) is 1. The van der Waals surface area contributed by atoms with Gasteiger partial charge in [0.15, 0.2) is 0 Å². The lowest BCUT2D eigenvalue weighted by Crippen LogP contribution is -2.13. The van der Waals surface area contributed by atoms with E-state index in [0.717, 1.165) is 16.8 Å². The van der Waals surface area contributed by atoms with Crippen LogP contribution in [0.1, 0.15) is 17.5 Å². The van der Waals surface area contributed by atoms with Crippen molar-refractivity contribution in [2.24, 2.45) is 0 Å². The van der Waals surface area contributed by atoms with E-state index >= 15 is 0 Å². The number of amides is 1. The molecule has 0 saturated heterocycles. The van der Waals surface area contributed by atoms with E-state index in [1.165, 1.54) is 0 Å². The van der Waals surface area contributed by atoms with Gasteiger partial charge in [-0.15, -0.1) is 0 Å². The zero-order valence-corrected chi connectivity index (χ0v) is 10.9. The van der Waals surface area contributed by atoms with E-state index in [1.54, 1.807) is 12.3 Å². The number of nitrogen functional groups attached to an aromatic ring is 1. The van der Waals surface area contributed by atoms with E-state index in [9.17, 15) is 4.79 Å². The molecular weight excluding hydrogens is 238 g/mol. The number of nitrogens with one attached hydrogen (secondary N) is 1. The van der Waals surface area contributed by atoms with E-state index in [-0.39, 0.29) is 5.91 Å². The second kappa shape index (κ2) is 6.00. The molecule has 0 aliphatic rings. The Hall–Kier alpha value is -2.36. The summed E-state index contributed by atoms with van der Waals surface area (Å²) in [5.41, 5.74) is 8.54. The van der Waals surface area contributed by atoms with Crippen LogP contribution in [-0.2, 0) is 11.2 Å². The average Bonchev–Trinajstić information content (AvgIpc) is 2.39. The number of carbonyl (C=O) groups is 1. The van der Waals surface area contributed by atoms with Crippen molar-refractivity contribution in [3.8, 4) is 0 Å². The van der Waals surface area contributed by atoms with Crippen LogP contribution in [0.2, 0.25) is 0 Å². The Labute approximate surface area is 112 Å². The van der Waals surface area contributed by atoms with Crippen molar-refractivity contribution in [1.82, 2.24) is 4.98 Å². The highest BCUT2D eigenvalue weighted by Crippen LogP contribution is 2.10. The second-order valence-electron chi connectivity index (χ2n) is 4.51. The van der Waals surface area contributed by atoms with E-state index in [4.69, 9.17) is 5.73 Å². The quantitative estimate of drug-likeness (QED) is 0.825. The fourth-order valence-electron chi connectivity index (χ4n) is 1.75. The molecule has 4 nitrogen and oxygen atoms in total. The number of hydrogen-bond donors (Lipinski definition) is 2. The number of aromatic nitrogens is 1. The number of benzene rings is 1. The van der Waals surface area contributed by atoms with Gasteiger partial charge in [-0.05, 0) is 42.7 Å². The smallest absolute Gasteiger partial charge is 0.225 e. The molecule has 0 fully saturated rings. The predicted octanol–water partition coefficient (Wildman–Crippen LogP) is 2.54. The Morgan fingerprint density at radius 1 is 1.32 bits per heavy atom. The molecular formula is C15H17N3O. The monoisotopic (exact) mass is 255 g/mol. The largest absolute Gasteiger partial charge is 0.399 e. The van der Waals surface area contributed by atoms with Crippen LogP contribution >= 0.6 is 0 Å². The van der Waals surface area contributed by atoms with Gasteiger partial charge in [0.05, 0.1) is 0 Å². The highest BCUT2D eigenvalue weighted by atomic mass is 16.1. The van der Waals surface area contributed by atoms with Crippen LogP contribution in [0.4, 0.5) is 11.5 Å². The summed E-state index contributed by atoms with van der Waals surface area (Å²) >= 11 is 0. The topological polar surface area (TPSA) is 68.0 Å². The van der Waals surface area contributed by atoms with Gasteiger partial charge in [0.25, 0.3) is 0 Å². The second-order valence-corrected chi connectivity index (χ2v) is 4.51. The van der Waals surface area contributed by atoms with Crippen molar-refractivity contribution >= 4 is 17.4 Å². The molecule has 1 aromatic heterocycles. The Kier molecular flexibility index (Phi) is 4.13. The molecule has 2 rings (SSSR count). The molecule has 0 atom stereocenters. The number of rotatable bonds is 4. The van der Waals surface area contributed by atoms with Gasteiger partial charge in [-0.1, -0.05) is 18.2 Å². The molecule has 0 saturated carbocycles. The van der Waals surface area contributed by atoms with Crippen LogP contribution in [0.3, 0.4) is 0 Å². The normalized spacial score (nSPS) is 10.2. The van der Waals surface area contributed by atoms with Crippen LogP contribution in [0.25, 0.3) is 0 Å². The zero-order chi connectivity index (χ0) is 13.7. The summed E-state index contributed by atoms with van der Waals surface area (Å²) in [5, 5.41) is 2.77. The molecule has 3 N–H and O–H groups in total. The van der Waals surface area contributed by atoms with E-state index < -0.39 is 0 Å². The van der Waals surface area contributed by atoms with Crippen LogP contribution in [0.5, 0.6) is 0 Å². The number of anilines is 2. The van der Waals surface area contributed by atoms with Crippen LogP contribution < -0.4 is 11.1 Å². The maximum atomic E-state index is 11.8. The molecule has 4 heteroatoms. The first-order valence-electron chi connectivity index (χ1n) is 6.20. The van der Waals surface area contributed by atoms with Crippen molar-refractivity contribution in [1.29, 1.82) is 0 Å². The van der Waals surface area contributed by atoms with Crippen molar-refractivity contribution in [2.45, 2.75) is 19.8 Å². The van der Waals surface area contributed by atoms with Gasteiger partial charge >= 0.3 is 0 Å². The third-order valence-electron chi connectivity index (χ3n) is 2.77. The van der Waals surface area contributed by atoms with Crippen LogP contribution in [-0.4, -0.2) is 10.9 Å². The number of pyridine rings is 1. The van der Waals surface area contributed by atoms with Crippen molar-refractivity contribution in [3.05, 3.63) is 53.7 Å². The summed E-state index contributed by atoms with van der Waals surface area (Å²) in [6.45, 7) is 1.96. The molecule has 1 aromatic carbocycles. The molecule has 0 aliphatic carbocycles. The molecule has 0 bridgehead atoms. The first kappa shape index (κ1) is 13.1. The highest BCUT2D eigenvalue weighted by Gasteiger charge is 2.04. The maximum absolute atomic E-state index is 11.8. The predicted molar refractivity (Wildman–Crippen MR) is 76.8 cm³/mol. The SMILES string of the molecule is Cc1ccc(NC(=O)CCc2cccc(N)c2)nc1. The minimum Gasteiger partial charge on any atom is -0.399 e. The first-order valence-corrected chi connectivity index (χ1v) is 6.20. The number of hydrogen-bond acceptors (Lipinski definition) is 3. The fourth-order valence-corrected chi connectivity index (χ4v) is 1.75. The van der Waals surface area contributed by atoms with Crippen molar-refractivity contribution in [2.75, 3.05) is 11.1 Å². The summed E-state index contributed by atoms with van der Waals surface area (Å²) in [6, 6.07) is 11.3. The third-order valence-corrected chi connectivity index (χ3v) is 2.77. The molecule has 0 aliphatic heterocycles. The minimum absolute atomic E-state index is 0.0428. The van der Waals surface area contributed by atoms with Crippen LogP contribution in [0, 0.1) is 6.92 Å². The van der Waals surface area contributed by atoms with Gasteiger partial charge in [-0.3, -0.25) is 4.79 Å². The summed E-state index contributed by atoms with van der Waals surface area (Å²) in [4.78, 5) is 15.9. The van der Waals surface area contributed by atoms with Gasteiger partial charge in [0, 0.05) is 18.3 Å². The Bertz CT molecular complexity index is 564. The summed E-state index contributed by atoms with van der Waals surface area (Å²) < 4.78 is 0. The number of aryl methyl sites for hydroxylation is 2. The first-order chi connectivity index (χ1) is 9.13. The lowest BCUT2D eigenvalue weighted by molar-refractivity contribution is -0.116. The lowest BCUT2D eigenvalue weighted by atomic mass is 10.1. The minimum atomic E-state index is -0.0428. The Balaban J connectivity index is 1.86. The zero-order valence-electron chi connectivity index (χ0n) is 10.9. The molecule has 0 radical (unpaired) electrons. The average molecular weight is 255 g/mol. The molecule has 19 heavy (non-hydrogen) atoms. The molecule has 0 unspecified atom stereocenters. The van der Waals surface area contributed by atoms with Gasteiger partial charge < -0.3 is 11.1 Å². The lowest BCUT2D eigenvalue weighted by Gasteiger charge is -2.05. The standard InChI is InChI=1S/C15H17N3O/c1-11-5-7-14(17-10-11)18-15(19)8-6-12-3-2-4-13(16)9-12/h2-5,7,9-10H,6,8,16H2,1H3,(H,17,18,19). The number of nitrogens with zero attached hydrogens (tertiary/aromatic N) is 1. The molecule has 98 valence electrons. The Morgan fingerprint density at radius 2 is 2.16 bits per heavy atom. The third kappa shape index (κ3) is 4.10. The highest BCUT2D eigenvalue weighted by molar-refractivity contribution is 5.89. The van der Waals surface area contributed by atoms with Gasteiger partial charge in [-0.2, -0.15) is 0 Å². The summed E-state index contributed by atoms with van der Waals surface area (Å²) in [5.74, 6) is 0.543. The van der Waals surface area contributed by atoms with Crippen LogP contribution in [0.15, 0.2) is 42.6 Å². The van der Waals surface area contributed by atoms with E-state index in [1.807, 2.05) is 37.3 Å². The molecule has 0 spiro atoms. The fraction of sp³-hybridized carbons (Fsp3) is 0.200. The molecule has 1 amide bonds. The Morgan fingerprint density at radius 3 is 2.84 bits per heavy atom. The van der Waals surface area contributed by atoms with Gasteiger partial charge in [-0.25, -0.2) is 4.98 Å². The summed E-state index contributed by atoms with van der Waals surface area (Å²) in [7, 11) is 0. The van der Waals surface area contributed by atoms with Gasteiger partial charge in [0.1, 0.15) is 5.82 Å². The van der Waals surface area contributed by atoms with E-state index in [2.05, 4.69) is 10.3 Å².